The Morgan fingerprint density at radius 1 is 1.14 bits per heavy atom. The third-order valence-corrected chi connectivity index (χ3v) is 3.78. The van der Waals surface area contributed by atoms with E-state index in [1.165, 1.54) is 7.11 Å². The molecule has 0 aromatic heterocycles. The molecule has 28 heavy (non-hydrogen) atoms. The van der Waals surface area contributed by atoms with Crippen molar-refractivity contribution < 1.29 is 24.2 Å². The van der Waals surface area contributed by atoms with E-state index in [4.69, 9.17) is 9.47 Å². The zero-order valence-electron chi connectivity index (χ0n) is 18.0. The number of phenolic OH excluding ortho intramolecular Hbond substituents is 1. The molecule has 0 saturated carbocycles. The summed E-state index contributed by atoms with van der Waals surface area (Å²) in [6, 6.07) is 4.42. The van der Waals surface area contributed by atoms with Gasteiger partial charge >= 0.3 is 6.09 Å². The lowest BCUT2D eigenvalue weighted by Gasteiger charge is -2.27. The molecule has 7 heteroatoms. The first-order chi connectivity index (χ1) is 12.8. The van der Waals surface area contributed by atoms with Crippen LogP contribution < -0.4 is 15.4 Å². The van der Waals surface area contributed by atoms with Gasteiger partial charge in [0.05, 0.1) is 7.11 Å². The summed E-state index contributed by atoms with van der Waals surface area (Å²) in [7, 11) is 1.49. The van der Waals surface area contributed by atoms with Gasteiger partial charge in [-0.3, -0.25) is 4.79 Å². The van der Waals surface area contributed by atoms with Crippen LogP contribution in [0.1, 0.15) is 53.5 Å². The summed E-state index contributed by atoms with van der Waals surface area (Å²) in [5.74, 6) is 0.196. The van der Waals surface area contributed by atoms with Crippen LogP contribution in [0, 0.1) is 5.41 Å². The number of ether oxygens (including phenoxy) is 2. The van der Waals surface area contributed by atoms with Crippen molar-refractivity contribution in [3.05, 3.63) is 23.8 Å². The van der Waals surface area contributed by atoms with Crippen LogP contribution in [-0.4, -0.2) is 42.4 Å². The average Bonchev–Trinajstić information content (AvgIpc) is 2.51. The number of carbonyl (C=O) groups is 2. The highest BCUT2D eigenvalue weighted by Crippen LogP contribution is 2.26. The van der Waals surface area contributed by atoms with E-state index in [9.17, 15) is 14.7 Å². The predicted octanol–water partition coefficient (Wildman–Crippen LogP) is 3.39. The first-order valence-electron chi connectivity index (χ1n) is 9.44. The van der Waals surface area contributed by atoms with Gasteiger partial charge in [-0.15, -0.1) is 0 Å². The van der Waals surface area contributed by atoms with Gasteiger partial charge in [0, 0.05) is 6.54 Å². The summed E-state index contributed by atoms with van der Waals surface area (Å²) in [6.07, 6.45) is 0.399. The second-order valence-corrected chi connectivity index (χ2v) is 9.01. The molecule has 0 unspecified atom stereocenters. The number of carbonyl (C=O) groups excluding carboxylic acids is 2. The lowest BCUT2D eigenvalue weighted by molar-refractivity contribution is -0.123. The molecule has 158 valence electrons. The first kappa shape index (κ1) is 23.6. The molecule has 1 atom stereocenters. The number of methoxy groups -OCH3 is 1. The van der Waals surface area contributed by atoms with E-state index in [-0.39, 0.29) is 17.1 Å². The molecule has 2 amide bonds. The normalized spacial score (nSPS) is 12.8. The molecule has 0 heterocycles. The number of benzene rings is 1. The van der Waals surface area contributed by atoms with Crippen LogP contribution in [0.4, 0.5) is 4.79 Å². The quantitative estimate of drug-likeness (QED) is 0.659. The predicted molar refractivity (Wildman–Crippen MR) is 109 cm³/mol. The number of hydrogen-bond acceptors (Lipinski definition) is 5. The monoisotopic (exact) mass is 394 g/mol. The Hall–Kier alpha value is -2.44. The molecule has 0 aliphatic heterocycles. The minimum atomic E-state index is -0.695. The number of nitrogens with one attached hydrogen (secondary N) is 2. The molecule has 0 saturated heterocycles. The van der Waals surface area contributed by atoms with Crippen molar-refractivity contribution in [2.24, 2.45) is 5.41 Å². The summed E-state index contributed by atoms with van der Waals surface area (Å²) < 4.78 is 10.3. The van der Waals surface area contributed by atoms with Crippen LogP contribution in [0.5, 0.6) is 11.5 Å². The molecule has 1 aromatic rings. The largest absolute Gasteiger partial charge is 0.504 e. The average molecular weight is 395 g/mol. The summed E-state index contributed by atoms with van der Waals surface area (Å²) in [5, 5.41) is 15.4. The third kappa shape index (κ3) is 8.97. The number of rotatable bonds is 7. The summed E-state index contributed by atoms with van der Waals surface area (Å²) in [6.45, 7) is 11.7. The number of phenols is 1. The molecule has 1 aromatic carbocycles. The molecule has 0 aliphatic carbocycles. The Balaban J connectivity index is 2.67. The number of aromatic hydroxyl groups is 1. The molecule has 0 fully saturated rings. The Kier molecular flexibility index (Phi) is 8.14. The van der Waals surface area contributed by atoms with Gasteiger partial charge in [0.2, 0.25) is 5.91 Å². The smallest absolute Gasteiger partial charge is 0.408 e. The lowest BCUT2D eigenvalue weighted by Crippen LogP contribution is -2.50. The van der Waals surface area contributed by atoms with Crippen LogP contribution in [0.15, 0.2) is 18.2 Å². The molecular weight excluding hydrogens is 360 g/mol. The van der Waals surface area contributed by atoms with Gasteiger partial charge in [-0.25, -0.2) is 4.79 Å². The highest BCUT2D eigenvalue weighted by atomic mass is 16.6. The Morgan fingerprint density at radius 2 is 1.79 bits per heavy atom. The maximum absolute atomic E-state index is 12.6. The standard InChI is InChI=1S/C21H34N2O5/c1-20(2,3)13-15(23-19(26)28-21(4,5)6)18(25)22-11-10-14-8-9-17(27-7)16(24)12-14/h8-9,12,15,24H,10-11,13H2,1-7H3,(H,22,25)(H,23,26)/t15-/m1/s1. The fraction of sp³-hybridized carbons (Fsp3) is 0.619. The maximum Gasteiger partial charge on any atom is 0.408 e. The van der Waals surface area contributed by atoms with E-state index in [1.807, 2.05) is 26.8 Å². The molecule has 3 N–H and O–H groups in total. The molecule has 0 spiro atoms. The van der Waals surface area contributed by atoms with E-state index in [1.54, 1.807) is 32.9 Å². The van der Waals surface area contributed by atoms with Gasteiger partial charge in [0.1, 0.15) is 11.6 Å². The Bertz CT molecular complexity index is 674. The first-order valence-corrected chi connectivity index (χ1v) is 9.44. The van der Waals surface area contributed by atoms with E-state index < -0.39 is 17.7 Å². The minimum absolute atomic E-state index is 0.0588. The summed E-state index contributed by atoms with van der Waals surface area (Å²) in [5.41, 5.74) is 0.0771. The van der Waals surface area contributed by atoms with Crippen molar-refractivity contribution in [1.29, 1.82) is 0 Å². The topological polar surface area (TPSA) is 96.9 Å². The van der Waals surface area contributed by atoms with Gasteiger partial charge in [0.15, 0.2) is 11.5 Å². The number of alkyl carbamates (subject to hydrolysis) is 1. The van der Waals surface area contributed by atoms with Crippen LogP contribution in [-0.2, 0) is 16.0 Å². The lowest BCUT2D eigenvalue weighted by atomic mass is 9.88. The highest BCUT2D eigenvalue weighted by molar-refractivity contribution is 5.85. The van der Waals surface area contributed by atoms with E-state index in [0.717, 1.165) is 5.56 Å². The van der Waals surface area contributed by atoms with Crippen molar-refractivity contribution in [2.75, 3.05) is 13.7 Å². The minimum Gasteiger partial charge on any atom is -0.504 e. The van der Waals surface area contributed by atoms with Crippen molar-refractivity contribution in [2.45, 2.75) is 66.0 Å². The highest BCUT2D eigenvalue weighted by Gasteiger charge is 2.28. The van der Waals surface area contributed by atoms with Gasteiger partial charge in [0.25, 0.3) is 0 Å². The van der Waals surface area contributed by atoms with Gasteiger partial charge in [-0.1, -0.05) is 26.8 Å². The maximum atomic E-state index is 12.6. The van der Waals surface area contributed by atoms with Crippen LogP contribution in [0.3, 0.4) is 0 Å². The van der Waals surface area contributed by atoms with Crippen LogP contribution in [0.2, 0.25) is 0 Å². The number of hydrogen-bond donors (Lipinski definition) is 3. The van der Waals surface area contributed by atoms with Crippen molar-refractivity contribution in [1.82, 2.24) is 10.6 Å². The molecule has 7 nitrogen and oxygen atoms in total. The third-order valence-electron chi connectivity index (χ3n) is 3.78. The van der Waals surface area contributed by atoms with E-state index in [2.05, 4.69) is 10.6 Å². The zero-order valence-corrected chi connectivity index (χ0v) is 18.0. The molecule has 0 radical (unpaired) electrons. The molecular formula is C21H34N2O5. The van der Waals surface area contributed by atoms with Crippen molar-refractivity contribution >= 4 is 12.0 Å². The van der Waals surface area contributed by atoms with Crippen LogP contribution in [0.25, 0.3) is 0 Å². The van der Waals surface area contributed by atoms with Gasteiger partial charge < -0.3 is 25.2 Å². The second kappa shape index (κ2) is 9.66. The van der Waals surface area contributed by atoms with Crippen molar-refractivity contribution in [3.8, 4) is 11.5 Å². The zero-order chi connectivity index (χ0) is 21.5. The SMILES string of the molecule is COc1ccc(CCNC(=O)[C@@H](CC(C)(C)C)NC(=O)OC(C)(C)C)cc1O. The molecule has 0 bridgehead atoms. The van der Waals surface area contributed by atoms with Gasteiger partial charge in [-0.2, -0.15) is 0 Å². The number of amides is 2. The Labute approximate surface area is 167 Å². The van der Waals surface area contributed by atoms with E-state index in [0.29, 0.717) is 25.1 Å². The Morgan fingerprint density at radius 3 is 2.29 bits per heavy atom. The molecule has 1 rings (SSSR count). The fourth-order valence-electron chi connectivity index (χ4n) is 2.62. The summed E-state index contributed by atoms with van der Waals surface area (Å²) >= 11 is 0. The second-order valence-electron chi connectivity index (χ2n) is 9.01. The van der Waals surface area contributed by atoms with Crippen LogP contribution >= 0.6 is 0 Å². The van der Waals surface area contributed by atoms with Gasteiger partial charge in [-0.05, 0) is 56.7 Å². The molecule has 0 aliphatic rings. The fourth-order valence-corrected chi connectivity index (χ4v) is 2.62. The van der Waals surface area contributed by atoms with E-state index >= 15 is 0 Å². The van der Waals surface area contributed by atoms with Crippen molar-refractivity contribution in [3.63, 3.8) is 0 Å². The summed E-state index contributed by atoms with van der Waals surface area (Å²) in [4.78, 5) is 24.7.